The number of nitrogens with zero attached hydrogens (tertiary/aromatic N) is 2. The normalized spacial score (nSPS) is 14.2. The number of aryl methyl sites for hydroxylation is 1. The Balaban J connectivity index is 1.74. The average Bonchev–Trinajstić information content (AvgIpc) is 2.88. The molecule has 0 spiro atoms. The molecule has 1 aliphatic rings. The molecule has 3 amide bonds. The Hall–Kier alpha value is -3.02. The van der Waals surface area contributed by atoms with Gasteiger partial charge in [-0.1, -0.05) is 6.07 Å². The van der Waals surface area contributed by atoms with E-state index in [1.165, 1.54) is 0 Å². The molecule has 0 unspecified atom stereocenters. The molecule has 1 aromatic heterocycles. The maximum Gasteiger partial charge on any atom is 0.256 e. The van der Waals surface area contributed by atoms with E-state index >= 15 is 0 Å². The van der Waals surface area contributed by atoms with Crippen LogP contribution in [-0.2, 0) is 9.59 Å². The van der Waals surface area contributed by atoms with E-state index in [2.05, 4.69) is 10.3 Å². The Morgan fingerprint density at radius 3 is 2.26 bits per heavy atom. The van der Waals surface area contributed by atoms with Crippen molar-refractivity contribution in [1.29, 1.82) is 0 Å². The van der Waals surface area contributed by atoms with Crippen LogP contribution in [0.4, 0.5) is 11.5 Å². The van der Waals surface area contributed by atoms with Crippen molar-refractivity contribution in [2.75, 3.05) is 10.2 Å². The largest absolute Gasteiger partial charge is 0.307 e. The van der Waals surface area contributed by atoms with E-state index in [4.69, 9.17) is 0 Å². The number of nitrogens with one attached hydrogen (secondary N) is 1. The molecule has 1 fully saturated rings. The Bertz CT molecular complexity index is 751. The molecule has 0 saturated carbocycles. The number of pyridine rings is 1. The van der Waals surface area contributed by atoms with Crippen LogP contribution in [0.15, 0.2) is 42.6 Å². The molecule has 6 heteroatoms. The quantitative estimate of drug-likeness (QED) is 0.882. The minimum atomic E-state index is -0.299. The molecular formula is C17H15N3O3. The first-order chi connectivity index (χ1) is 11.0. The summed E-state index contributed by atoms with van der Waals surface area (Å²) in [5.41, 5.74) is 1.92. The summed E-state index contributed by atoms with van der Waals surface area (Å²) in [5.74, 6) is -0.256. The number of carbonyl (C=O) groups excluding carboxylic acids is 3. The topological polar surface area (TPSA) is 79.4 Å². The zero-order chi connectivity index (χ0) is 16.4. The van der Waals surface area contributed by atoms with E-state index in [0.29, 0.717) is 17.1 Å². The van der Waals surface area contributed by atoms with Gasteiger partial charge in [-0.15, -0.1) is 0 Å². The Kier molecular flexibility index (Phi) is 3.89. The van der Waals surface area contributed by atoms with Gasteiger partial charge in [-0.05, 0) is 42.8 Å². The molecule has 1 aliphatic heterocycles. The summed E-state index contributed by atoms with van der Waals surface area (Å²) in [6.07, 6.45) is 2.14. The maximum absolute atomic E-state index is 12.2. The first kappa shape index (κ1) is 14.9. The lowest BCUT2D eigenvalue weighted by atomic mass is 10.2. The summed E-state index contributed by atoms with van der Waals surface area (Å²) >= 11 is 0. The summed E-state index contributed by atoms with van der Waals surface area (Å²) in [6.45, 7) is 1.91. The number of amides is 3. The molecular weight excluding hydrogens is 294 g/mol. The lowest BCUT2D eigenvalue weighted by Gasteiger charge is -2.14. The number of rotatable bonds is 3. The number of anilines is 2. The van der Waals surface area contributed by atoms with Gasteiger partial charge in [0.25, 0.3) is 5.91 Å². The van der Waals surface area contributed by atoms with Crippen LogP contribution in [0.2, 0.25) is 0 Å². The minimum absolute atomic E-state index is 0.212. The Labute approximate surface area is 133 Å². The number of hydrogen-bond acceptors (Lipinski definition) is 4. The highest BCUT2D eigenvalue weighted by Gasteiger charge is 2.30. The van der Waals surface area contributed by atoms with Crippen molar-refractivity contribution in [2.45, 2.75) is 19.8 Å². The van der Waals surface area contributed by atoms with Gasteiger partial charge in [-0.3, -0.25) is 19.3 Å². The minimum Gasteiger partial charge on any atom is -0.307 e. The molecule has 2 aromatic rings. The molecule has 2 heterocycles. The highest BCUT2D eigenvalue weighted by atomic mass is 16.2. The van der Waals surface area contributed by atoms with E-state index in [-0.39, 0.29) is 30.6 Å². The van der Waals surface area contributed by atoms with Crippen molar-refractivity contribution >= 4 is 29.2 Å². The zero-order valence-electron chi connectivity index (χ0n) is 12.6. The summed E-state index contributed by atoms with van der Waals surface area (Å²) in [6, 6.07) is 9.94. The van der Waals surface area contributed by atoms with Gasteiger partial charge in [-0.25, -0.2) is 4.98 Å². The zero-order valence-corrected chi connectivity index (χ0v) is 12.6. The first-order valence-corrected chi connectivity index (χ1v) is 7.24. The van der Waals surface area contributed by atoms with Crippen LogP contribution < -0.4 is 10.2 Å². The molecule has 0 bridgehead atoms. The SMILES string of the molecule is Cc1ccc(NC(=O)c2ccc(N3C(=O)CCC3=O)cc2)nc1. The summed E-state index contributed by atoms with van der Waals surface area (Å²) in [5, 5.41) is 2.69. The molecule has 1 aromatic carbocycles. The number of benzene rings is 1. The highest BCUT2D eigenvalue weighted by molar-refractivity contribution is 6.20. The second-order valence-corrected chi connectivity index (χ2v) is 5.34. The van der Waals surface area contributed by atoms with E-state index in [1.807, 2.05) is 13.0 Å². The number of carbonyl (C=O) groups is 3. The number of hydrogen-bond donors (Lipinski definition) is 1. The highest BCUT2D eigenvalue weighted by Crippen LogP contribution is 2.23. The Morgan fingerprint density at radius 2 is 1.70 bits per heavy atom. The predicted molar refractivity (Wildman–Crippen MR) is 85.1 cm³/mol. The summed E-state index contributed by atoms with van der Waals surface area (Å²) < 4.78 is 0. The fraction of sp³-hybridized carbons (Fsp3) is 0.176. The summed E-state index contributed by atoms with van der Waals surface area (Å²) in [4.78, 5) is 40.8. The van der Waals surface area contributed by atoms with Gasteiger partial charge in [0.1, 0.15) is 5.82 Å². The third kappa shape index (κ3) is 3.11. The third-order valence-corrected chi connectivity index (χ3v) is 3.59. The molecule has 0 radical (unpaired) electrons. The monoisotopic (exact) mass is 309 g/mol. The molecule has 1 N–H and O–H groups in total. The smallest absolute Gasteiger partial charge is 0.256 e. The van der Waals surface area contributed by atoms with E-state index in [9.17, 15) is 14.4 Å². The molecule has 3 rings (SSSR count). The van der Waals surface area contributed by atoms with Crippen LogP contribution in [0, 0.1) is 6.92 Å². The molecule has 0 aliphatic carbocycles. The second-order valence-electron chi connectivity index (χ2n) is 5.34. The fourth-order valence-corrected chi connectivity index (χ4v) is 2.36. The van der Waals surface area contributed by atoms with Gasteiger partial charge in [-0.2, -0.15) is 0 Å². The summed E-state index contributed by atoms with van der Waals surface area (Å²) in [7, 11) is 0. The van der Waals surface area contributed by atoms with E-state index in [1.54, 1.807) is 36.5 Å². The van der Waals surface area contributed by atoms with Crippen molar-refractivity contribution in [2.24, 2.45) is 0 Å². The van der Waals surface area contributed by atoms with E-state index in [0.717, 1.165) is 10.5 Å². The Morgan fingerprint density at radius 1 is 1.04 bits per heavy atom. The van der Waals surface area contributed by atoms with Crippen LogP contribution in [0.5, 0.6) is 0 Å². The van der Waals surface area contributed by atoms with Gasteiger partial charge >= 0.3 is 0 Å². The first-order valence-electron chi connectivity index (χ1n) is 7.24. The van der Waals surface area contributed by atoms with Gasteiger partial charge < -0.3 is 5.32 Å². The van der Waals surface area contributed by atoms with Crippen LogP contribution in [0.25, 0.3) is 0 Å². The van der Waals surface area contributed by atoms with Crippen molar-refractivity contribution in [3.63, 3.8) is 0 Å². The lowest BCUT2D eigenvalue weighted by molar-refractivity contribution is -0.121. The van der Waals surface area contributed by atoms with Gasteiger partial charge in [0, 0.05) is 24.6 Å². The number of imide groups is 1. The van der Waals surface area contributed by atoms with Crippen molar-refractivity contribution in [3.8, 4) is 0 Å². The van der Waals surface area contributed by atoms with E-state index < -0.39 is 0 Å². The van der Waals surface area contributed by atoms with Gasteiger partial charge in [0.05, 0.1) is 5.69 Å². The molecule has 23 heavy (non-hydrogen) atoms. The second kappa shape index (κ2) is 6.00. The van der Waals surface area contributed by atoms with Crippen molar-refractivity contribution in [3.05, 3.63) is 53.7 Å². The maximum atomic E-state index is 12.2. The van der Waals surface area contributed by atoms with Crippen LogP contribution in [0.1, 0.15) is 28.8 Å². The lowest BCUT2D eigenvalue weighted by Crippen LogP contribution is -2.28. The van der Waals surface area contributed by atoms with Crippen molar-refractivity contribution in [1.82, 2.24) is 4.98 Å². The molecule has 6 nitrogen and oxygen atoms in total. The average molecular weight is 309 g/mol. The molecule has 116 valence electrons. The molecule has 1 saturated heterocycles. The fourth-order valence-electron chi connectivity index (χ4n) is 2.36. The predicted octanol–water partition coefficient (Wildman–Crippen LogP) is 2.30. The van der Waals surface area contributed by atoms with Crippen molar-refractivity contribution < 1.29 is 14.4 Å². The number of aromatic nitrogens is 1. The standard InChI is InChI=1S/C17H15N3O3/c1-11-2-7-14(18-10-11)19-17(23)12-3-5-13(6-4-12)20-15(21)8-9-16(20)22/h2-7,10H,8-9H2,1H3,(H,18,19,23). The van der Waals surface area contributed by atoms with Gasteiger partial charge in [0.2, 0.25) is 11.8 Å². The van der Waals surface area contributed by atoms with Crippen LogP contribution >= 0.6 is 0 Å². The molecule has 0 atom stereocenters. The third-order valence-electron chi connectivity index (χ3n) is 3.59. The van der Waals surface area contributed by atoms with Crippen LogP contribution in [-0.4, -0.2) is 22.7 Å². The van der Waals surface area contributed by atoms with Crippen LogP contribution in [0.3, 0.4) is 0 Å². The van der Waals surface area contributed by atoms with Gasteiger partial charge in [0.15, 0.2) is 0 Å².